The summed E-state index contributed by atoms with van der Waals surface area (Å²) in [6.07, 6.45) is 4.31. The molecule has 0 atom stereocenters. The third kappa shape index (κ3) is 5.56. The molecule has 0 spiro atoms. The molecular weight excluding hydrogens is 144 g/mol. The lowest BCUT2D eigenvalue weighted by Crippen LogP contribution is -1.91. The highest BCUT2D eigenvalue weighted by atomic mass is 32.1. The molecule has 0 bridgehead atoms. The van der Waals surface area contributed by atoms with Gasteiger partial charge in [0.25, 0.3) is 0 Å². The molecule has 0 N–H and O–H groups in total. The standard InChI is InChI=1S/C7H12N2S/c1-3-5-9-7(10)6-8-4-2/h5-6H,3-4H2,1-2H3. The molecule has 2 nitrogen and oxygen atoms in total. The van der Waals surface area contributed by atoms with E-state index in [1.807, 2.05) is 13.8 Å². The van der Waals surface area contributed by atoms with Crippen molar-refractivity contribution in [1.29, 1.82) is 0 Å². The average Bonchev–Trinajstić information content (AvgIpc) is 1.97. The lowest BCUT2D eigenvalue weighted by molar-refractivity contribution is 1.14. The number of hydrogen-bond acceptors (Lipinski definition) is 2. The smallest absolute Gasteiger partial charge is 0.143 e. The summed E-state index contributed by atoms with van der Waals surface area (Å²) in [4.78, 5) is 8.44. The Balaban J connectivity index is 3.63. The Kier molecular flexibility index (Phi) is 6.18. The number of hydrogen-bond donors (Lipinski definition) is 0. The molecule has 0 aliphatic heterocycles. The van der Waals surface area contributed by atoms with Gasteiger partial charge in [0.2, 0.25) is 0 Å². The first-order valence-electron chi connectivity index (χ1n) is 3.37. The zero-order valence-corrected chi connectivity index (χ0v) is 7.19. The van der Waals surface area contributed by atoms with Crippen LogP contribution in [-0.4, -0.2) is 24.0 Å². The van der Waals surface area contributed by atoms with Crippen LogP contribution in [0.4, 0.5) is 0 Å². The minimum absolute atomic E-state index is 0.559. The first-order chi connectivity index (χ1) is 4.81. The predicted molar refractivity (Wildman–Crippen MR) is 50.4 cm³/mol. The van der Waals surface area contributed by atoms with E-state index in [4.69, 9.17) is 12.2 Å². The van der Waals surface area contributed by atoms with Crippen LogP contribution in [-0.2, 0) is 0 Å². The van der Waals surface area contributed by atoms with E-state index in [2.05, 4.69) is 9.98 Å². The highest BCUT2D eigenvalue weighted by Gasteiger charge is 1.80. The summed E-state index contributed by atoms with van der Waals surface area (Å²) in [5.41, 5.74) is 0. The molecule has 0 amide bonds. The molecule has 3 heteroatoms. The van der Waals surface area contributed by atoms with Crippen molar-refractivity contribution in [2.24, 2.45) is 9.98 Å². The van der Waals surface area contributed by atoms with Crippen molar-refractivity contribution in [1.82, 2.24) is 0 Å². The van der Waals surface area contributed by atoms with Crippen LogP contribution < -0.4 is 0 Å². The van der Waals surface area contributed by atoms with Crippen LogP contribution in [0, 0.1) is 0 Å². The zero-order chi connectivity index (χ0) is 7.82. The third-order valence-corrected chi connectivity index (χ3v) is 0.996. The molecule has 0 radical (unpaired) electrons. The van der Waals surface area contributed by atoms with Gasteiger partial charge in [-0.1, -0.05) is 19.1 Å². The van der Waals surface area contributed by atoms with Gasteiger partial charge in [-0.15, -0.1) is 0 Å². The minimum atomic E-state index is 0.559. The molecule has 0 aliphatic rings. The van der Waals surface area contributed by atoms with Crippen LogP contribution >= 0.6 is 12.2 Å². The van der Waals surface area contributed by atoms with Crippen LogP contribution in [0.2, 0.25) is 0 Å². The first kappa shape index (κ1) is 9.43. The molecule has 0 saturated heterocycles. The van der Waals surface area contributed by atoms with Crippen LogP contribution in [0.5, 0.6) is 0 Å². The van der Waals surface area contributed by atoms with Gasteiger partial charge in [-0.2, -0.15) is 0 Å². The molecular formula is C7H12N2S. The summed E-state index contributed by atoms with van der Waals surface area (Å²) >= 11 is 4.84. The van der Waals surface area contributed by atoms with Gasteiger partial charge >= 0.3 is 0 Å². The Hall–Kier alpha value is -0.570. The quantitative estimate of drug-likeness (QED) is 0.452. The van der Waals surface area contributed by atoms with Gasteiger partial charge in [0.15, 0.2) is 0 Å². The van der Waals surface area contributed by atoms with Gasteiger partial charge in [-0.05, 0) is 13.3 Å². The molecule has 0 saturated carbocycles. The Bertz CT molecular complexity index is 134. The fourth-order valence-corrected chi connectivity index (χ4v) is 0.533. The summed E-state index contributed by atoms with van der Waals surface area (Å²) in [5.74, 6) is 0. The van der Waals surface area contributed by atoms with E-state index in [0.717, 1.165) is 13.0 Å². The van der Waals surface area contributed by atoms with Crippen LogP contribution in [0.15, 0.2) is 9.98 Å². The second-order valence-electron chi connectivity index (χ2n) is 1.69. The third-order valence-electron chi connectivity index (χ3n) is 0.785. The number of nitrogens with zero attached hydrogens (tertiary/aromatic N) is 2. The molecule has 0 aromatic heterocycles. The highest BCUT2D eigenvalue weighted by molar-refractivity contribution is 7.81. The monoisotopic (exact) mass is 156 g/mol. The van der Waals surface area contributed by atoms with E-state index >= 15 is 0 Å². The van der Waals surface area contributed by atoms with E-state index in [9.17, 15) is 0 Å². The Morgan fingerprint density at radius 2 is 2.20 bits per heavy atom. The summed E-state index contributed by atoms with van der Waals surface area (Å²) in [5, 5.41) is 0. The number of thiocarbonyl (C=S) groups is 1. The van der Waals surface area contributed by atoms with Crippen molar-refractivity contribution < 1.29 is 0 Å². The molecule has 0 aromatic rings. The fraction of sp³-hybridized carbons (Fsp3) is 0.571. The number of rotatable bonds is 3. The molecule has 0 heterocycles. The van der Waals surface area contributed by atoms with Crippen molar-refractivity contribution in [3.05, 3.63) is 0 Å². The molecule has 56 valence electrons. The topological polar surface area (TPSA) is 24.7 Å². The van der Waals surface area contributed by atoms with E-state index < -0.39 is 0 Å². The second kappa shape index (κ2) is 6.55. The fourth-order valence-electron chi connectivity index (χ4n) is 0.384. The summed E-state index contributed by atoms with van der Waals surface area (Å²) < 4.78 is 0. The predicted octanol–water partition coefficient (Wildman–Crippen LogP) is 1.89. The van der Waals surface area contributed by atoms with Crippen molar-refractivity contribution in [2.45, 2.75) is 20.3 Å². The second-order valence-corrected chi connectivity index (χ2v) is 2.10. The van der Waals surface area contributed by atoms with Crippen LogP contribution in [0.1, 0.15) is 20.3 Å². The van der Waals surface area contributed by atoms with E-state index in [1.54, 1.807) is 12.4 Å². The lowest BCUT2D eigenvalue weighted by Gasteiger charge is -1.83. The SMILES string of the molecule is CCC=NC(=S)C=NCC. The van der Waals surface area contributed by atoms with Gasteiger partial charge in [-0.3, -0.25) is 4.99 Å². The average molecular weight is 156 g/mol. The largest absolute Gasteiger partial charge is 0.290 e. The molecule has 0 fully saturated rings. The molecule has 10 heavy (non-hydrogen) atoms. The number of aliphatic imine (C=N–C) groups is 2. The van der Waals surface area contributed by atoms with E-state index in [1.165, 1.54) is 0 Å². The van der Waals surface area contributed by atoms with Gasteiger partial charge in [0.05, 0.1) is 6.21 Å². The molecule has 0 aromatic carbocycles. The van der Waals surface area contributed by atoms with E-state index in [0.29, 0.717) is 4.99 Å². The zero-order valence-electron chi connectivity index (χ0n) is 6.37. The molecule has 0 unspecified atom stereocenters. The first-order valence-corrected chi connectivity index (χ1v) is 3.78. The highest BCUT2D eigenvalue weighted by Crippen LogP contribution is 1.77. The maximum Gasteiger partial charge on any atom is 0.143 e. The van der Waals surface area contributed by atoms with Gasteiger partial charge in [0, 0.05) is 12.8 Å². The van der Waals surface area contributed by atoms with Crippen LogP contribution in [0.3, 0.4) is 0 Å². The maximum absolute atomic E-state index is 4.84. The van der Waals surface area contributed by atoms with Gasteiger partial charge in [-0.25, -0.2) is 4.99 Å². The van der Waals surface area contributed by atoms with Crippen molar-refractivity contribution in [3.8, 4) is 0 Å². The molecule has 0 aliphatic carbocycles. The Labute approximate surface area is 67.1 Å². The summed E-state index contributed by atoms with van der Waals surface area (Å²) in [6, 6.07) is 0. The lowest BCUT2D eigenvalue weighted by atomic mass is 10.5. The normalized spacial score (nSPS) is 11.4. The van der Waals surface area contributed by atoms with Crippen molar-refractivity contribution in [2.75, 3.05) is 6.54 Å². The summed E-state index contributed by atoms with van der Waals surface area (Å²) in [6.45, 7) is 4.74. The van der Waals surface area contributed by atoms with Gasteiger partial charge in [0.1, 0.15) is 4.99 Å². The van der Waals surface area contributed by atoms with Crippen molar-refractivity contribution >= 4 is 29.6 Å². The molecule has 0 rings (SSSR count). The Morgan fingerprint density at radius 1 is 1.50 bits per heavy atom. The maximum atomic E-state index is 4.84. The Morgan fingerprint density at radius 3 is 2.70 bits per heavy atom. The summed E-state index contributed by atoms with van der Waals surface area (Å²) in [7, 11) is 0. The minimum Gasteiger partial charge on any atom is -0.290 e. The van der Waals surface area contributed by atoms with Crippen molar-refractivity contribution in [3.63, 3.8) is 0 Å². The van der Waals surface area contributed by atoms with Gasteiger partial charge < -0.3 is 0 Å². The van der Waals surface area contributed by atoms with Crippen LogP contribution in [0.25, 0.3) is 0 Å². The van der Waals surface area contributed by atoms with E-state index in [-0.39, 0.29) is 0 Å².